The molecule has 0 saturated carbocycles. The molecule has 1 heterocycles. The molecule has 1 aromatic heterocycles. The Morgan fingerprint density at radius 1 is 1.16 bits per heavy atom. The monoisotopic (exact) mass is 261 g/mol. The maximum Gasteiger partial charge on any atom is 0.518 e. The van der Waals surface area contributed by atoms with Crippen LogP contribution in [0.2, 0.25) is 0 Å². The molecule has 0 N–H and O–H groups in total. The van der Waals surface area contributed by atoms with E-state index in [0.29, 0.717) is 19.0 Å². The van der Waals surface area contributed by atoms with Gasteiger partial charge in [0.2, 0.25) is 0 Å². The van der Waals surface area contributed by atoms with Crippen molar-refractivity contribution in [3.63, 3.8) is 0 Å². The number of aromatic nitrogens is 2. The first kappa shape index (κ1) is 13.3. The normalized spacial score (nSPS) is 10.7. The molecule has 0 aliphatic rings. The van der Waals surface area contributed by atoms with Crippen molar-refractivity contribution >= 4 is 0 Å². The van der Waals surface area contributed by atoms with E-state index < -0.39 is 5.76 Å². The molecule has 0 aliphatic carbocycles. The third-order valence-corrected chi connectivity index (χ3v) is 3.04. The highest BCUT2D eigenvalue weighted by atomic mass is 16.4. The van der Waals surface area contributed by atoms with Crippen LogP contribution in [0.3, 0.4) is 0 Å². The largest absolute Gasteiger partial charge is 0.518 e. The predicted octanol–water partition coefficient (Wildman–Crippen LogP) is 1.10. The zero-order valence-corrected chi connectivity index (χ0v) is 11.3. The van der Waals surface area contributed by atoms with Crippen LogP contribution in [0.1, 0.15) is 19.4 Å². The summed E-state index contributed by atoms with van der Waals surface area (Å²) in [5, 5.41) is 0. The Kier molecular flexibility index (Phi) is 3.64. The zero-order chi connectivity index (χ0) is 14.0. The maximum atomic E-state index is 12.2. The summed E-state index contributed by atoms with van der Waals surface area (Å²) in [6, 6.07) is 7.52. The Hall–Kier alpha value is -2.17. The fraction of sp³-hybridized carbons (Fsp3) is 0.357. The molecule has 5 nitrogen and oxygen atoms in total. The topological polar surface area (TPSA) is 56.1 Å². The minimum absolute atomic E-state index is 0.301. The lowest BCUT2D eigenvalue weighted by Gasteiger charge is -2.04. The van der Waals surface area contributed by atoms with Crippen molar-refractivity contribution in [2.24, 2.45) is 0 Å². The summed E-state index contributed by atoms with van der Waals surface area (Å²) in [6.07, 6.45) is 0. The summed E-state index contributed by atoms with van der Waals surface area (Å²) in [5.74, 6) is -0.310. The van der Waals surface area contributed by atoms with Crippen molar-refractivity contribution in [2.75, 3.05) is 0 Å². The van der Waals surface area contributed by atoms with Crippen LogP contribution in [0, 0.1) is 6.92 Å². The molecule has 0 atom stereocenters. The first-order chi connectivity index (χ1) is 9.08. The Balaban J connectivity index is 2.74. The molecule has 1 aromatic carbocycles. The highest BCUT2D eigenvalue weighted by Crippen LogP contribution is 2.13. The van der Waals surface area contributed by atoms with E-state index in [-0.39, 0.29) is 5.69 Å². The quantitative estimate of drug-likeness (QED) is 0.778. The summed E-state index contributed by atoms with van der Waals surface area (Å²) in [5.41, 5.74) is 1.50. The van der Waals surface area contributed by atoms with Gasteiger partial charge in [0.1, 0.15) is 0 Å². The van der Waals surface area contributed by atoms with Crippen molar-refractivity contribution in [3.05, 3.63) is 50.9 Å². The molecule has 0 radical (unpaired) electrons. The van der Waals surface area contributed by atoms with Crippen LogP contribution in [-0.4, -0.2) is 4.57 Å². The molecule has 0 fully saturated rings. The fourth-order valence-corrected chi connectivity index (χ4v) is 1.96. The zero-order valence-electron chi connectivity index (χ0n) is 11.3. The molecular weight excluding hydrogens is 244 g/mol. The second-order valence-electron chi connectivity index (χ2n) is 4.31. The molecule has 19 heavy (non-hydrogen) atoms. The number of hydrogen-bond donors (Lipinski definition) is 0. The van der Waals surface area contributed by atoms with Gasteiger partial charge in [-0.3, -0.25) is 0 Å². The van der Waals surface area contributed by atoms with E-state index in [9.17, 15) is 9.59 Å². The summed E-state index contributed by atoms with van der Waals surface area (Å²) in [7, 11) is 0. The number of benzene rings is 1. The van der Waals surface area contributed by atoms with E-state index in [1.54, 1.807) is 6.92 Å². The Labute approximate surface area is 110 Å². The molecule has 2 aromatic rings. The molecule has 0 bridgehead atoms. The Morgan fingerprint density at radius 2 is 1.79 bits per heavy atom. The number of rotatable bonds is 3. The van der Waals surface area contributed by atoms with Gasteiger partial charge in [-0.15, -0.1) is 4.57 Å². The number of hydrogen-bond acceptors (Lipinski definition) is 3. The minimum Gasteiger partial charge on any atom is -0.353 e. The van der Waals surface area contributed by atoms with Crippen molar-refractivity contribution in [1.82, 2.24) is 4.57 Å². The van der Waals surface area contributed by atoms with E-state index >= 15 is 0 Å². The van der Waals surface area contributed by atoms with Gasteiger partial charge in [-0.05, 0) is 32.9 Å². The van der Waals surface area contributed by atoms with Gasteiger partial charge in [-0.1, -0.05) is 17.7 Å². The summed E-state index contributed by atoms with van der Waals surface area (Å²) in [4.78, 5) is 24.0. The van der Waals surface area contributed by atoms with Crippen LogP contribution in [0.4, 0.5) is 0 Å². The lowest BCUT2D eigenvalue weighted by atomic mass is 10.1. The van der Waals surface area contributed by atoms with E-state index in [2.05, 4.69) is 0 Å². The Morgan fingerprint density at radius 3 is 2.32 bits per heavy atom. The standard InChI is InChI=1S/C14H17N2O3/c1-4-15-12(11-8-6-10(3)7-9-11)19-14(18)16(5-2)13(15)17/h6-9H,4-5H2,1-3H3/q+1. The third-order valence-electron chi connectivity index (χ3n) is 3.04. The highest BCUT2D eigenvalue weighted by molar-refractivity contribution is 5.50. The van der Waals surface area contributed by atoms with Crippen LogP contribution in [0.15, 0.2) is 38.3 Å². The van der Waals surface area contributed by atoms with Crippen molar-refractivity contribution in [3.8, 4) is 11.5 Å². The van der Waals surface area contributed by atoms with E-state index in [4.69, 9.17) is 4.42 Å². The summed E-state index contributed by atoms with van der Waals surface area (Å²) >= 11 is 0. The van der Waals surface area contributed by atoms with Gasteiger partial charge in [0.15, 0.2) is 0 Å². The molecule has 100 valence electrons. The Bertz CT molecular complexity index is 696. The first-order valence-electron chi connectivity index (χ1n) is 6.33. The van der Waals surface area contributed by atoms with E-state index in [1.165, 1.54) is 4.57 Å². The van der Waals surface area contributed by atoms with Gasteiger partial charge in [0, 0.05) is 0 Å². The lowest BCUT2D eigenvalue weighted by Crippen LogP contribution is -2.58. The first-order valence-corrected chi connectivity index (χ1v) is 6.33. The van der Waals surface area contributed by atoms with Gasteiger partial charge in [-0.25, -0.2) is 0 Å². The summed E-state index contributed by atoms with van der Waals surface area (Å²) < 4.78 is 7.85. The van der Waals surface area contributed by atoms with Gasteiger partial charge in [-0.2, -0.15) is 14.2 Å². The van der Waals surface area contributed by atoms with E-state index in [1.807, 2.05) is 38.1 Å². The van der Waals surface area contributed by atoms with Gasteiger partial charge in [0.05, 0.1) is 18.7 Å². The number of nitrogens with zero attached hydrogens (tertiary/aromatic N) is 2. The fourth-order valence-electron chi connectivity index (χ4n) is 1.96. The van der Waals surface area contributed by atoms with Gasteiger partial charge >= 0.3 is 17.3 Å². The van der Waals surface area contributed by atoms with Crippen LogP contribution in [-0.2, 0) is 13.1 Å². The molecule has 0 aliphatic heterocycles. The highest BCUT2D eigenvalue weighted by Gasteiger charge is 2.21. The van der Waals surface area contributed by atoms with Crippen molar-refractivity contribution in [1.29, 1.82) is 0 Å². The predicted molar refractivity (Wildman–Crippen MR) is 71.0 cm³/mol. The molecule has 0 amide bonds. The van der Waals surface area contributed by atoms with Crippen molar-refractivity contribution in [2.45, 2.75) is 33.9 Å². The van der Waals surface area contributed by atoms with Gasteiger partial charge in [0.25, 0.3) is 0 Å². The maximum absolute atomic E-state index is 12.2. The van der Waals surface area contributed by atoms with Crippen LogP contribution >= 0.6 is 0 Å². The third kappa shape index (κ3) is 2.36. The molecular formula is C14H17N2O3+. The van der Waals surface area contributed by atoms with Gasteiger partial charge < -0.3 is 4.42 Å². The molecule has 0 spiro atoms. The molecule has 5 heteroatoms. The van der Waals surface area contributed by atoms with Crippen LogP contribution in [0.5, 0.6) is 0 Å². The second-order valence-corrected chi connectivity index (χ2v) is 4.31. The lowest BCUT2D eigenvalue weighted by molar-refractivity contribution is -0.711. The molecule has 0 unspecified atom stereocenters. The summed E-state index contributed by atoms with van der Waals surface area (Å²) in [6.45, 7) is 6.31. The van der Waals surface area contributed by atoms with Crippen LogP contribution < -0.4 is 16.0 Å². The smallest absolute Gasteiger partial charge is 0.353 e. The average Bonchev–Trinajstić information content (AvgIpc) is 2.39. The molecule has 0 saturated heterocycles. The number of aryl methyl sites for hydroxylation is 1. The average molecular weight is 261 g/mol. The van der Waals surface area contributed by atoms with Crippen molar-refractivity contribution < 1.29 is 8.98 Å². The van der Waals surface area contributed by atoms with E-state index in [0.717, 1.165) is 15.7 Å². The minimum atomic E-state index is -0.618. The second kappa shape index (κ2) is 5.22. The SMILES string of the molecule is CCn1c(=O)oc(-c2ccc(C)cc2)[n+](CC)c1=O. The molecule has 2 rings (SSSR count). The van der Waals surface area contributed by atoms with Crippen LogP contribution in [0.25, 0.3) is 11.5 Å².